The molecule has 15 heavy (non-hydrogen) atoms. The van der Waals surface area contributed by atoms with Crippen molar-refractivity contribution in [1.29, 1.82) is 0 Å². The van der Waals surface area contributed by atoms with Gasteiger partial charge in [0.05, 0.1) is 0 Å². The van der Waals surface area contributed by atoms with Gasteiger partial charge in [0, 0.05) is 18.8 Å². The molecule has 0 aliphatic rings. The molecule has 0 saturated carbocycles. The molecule has 0 amide bonds. The van der Waals surface area contributed by atoms with Crippen LogP contribution in [0.25, 0.3) is 0 Å². The molecule has 0 saturated heterocycles. The summed E-state index contributed by atoms with van der Waals surface area (Å²) in [6.07, 6.45) is 0. The molecule has 82 valence electrons. The molecule has 0 aliphatic heterocycles. The van der Waals surface area contributed by atoms with Crippen LogP contribution < -0.4 is 4.74 Å². The zero-order valence-corrected chi connectivity index (χ0v) is 9.19. The van der Waals surface area contributed by atoms with Gasteiger partial charge in [0.1, 0.15) is 5.75 Å². The lowest BCUT2D eigenvalue weighted by molar-refractivity contribution is -0.562. The molecule has 1 aromatic carbocycles. The van der Waals surface area contributed by atoms with E-state index in [1.54, 1.807) is 13.8 Å². The number of ether oxygens (including phenoxy) is 1. The fourth-order valence-corrected chi connectivity index (χ4v) is 1.03. The van der Waals surface area contributed by atoms with E-state index in [0.29, 0.717) is 5.75 Å². The highest BCUT2D eigenvalue weighted by atomic mass is 16.6. The Balaban J connectivity index is 2.66. The summed E-state index contributed by atoms with van der Waals surface area (Å²) in [5.41, 5.74) is -0.0703. The molecule has 4 nitrogen and oxygen atoms in total. The van der Waals surface area contributed by atoms with Gasteiger partial charge in [-0.2, -0.15) is 0 Å². The number of benzene rings is 1. The van der Waals surface area contributed by atoms with Crippen LogP contribution in [0.5, 0.6) is 5.75 Å². The third-order valence-corrected chi connectivity index (χ3v) is 2.17. The molecule has 0 heterocycles. The van der Waals surface area contributed by atoms with Crippen LogP contribution in [0.2, 0.25) is 0 Å². The van der Waals surface area contributed by atoms with Crippen LogP contribution in [0.1, 0.15) is 19.4 Å². The molecule has 0 aromatic heterocycles. The summed E-state index contributed by atoms with van der Waals surface area (Å²) in [6, 6.07) is 7.47. The van der Waals surface area contributed by atoms with Crippen LogP contribution in [-0.2, 0) is 0 Å². The maximum absolute atomic E-state index is 10.7. The van der Waals surface area contributed by atoms with Gasteiger partial charge in [-0.05, 0) is 18.6 Å². The number of para-hydroxylation sites is 1. The number of hydrogen-bond donors (Lipinski definition) is 0. The number of nitro groups is 1. The van der Waals surface area contributed by atoms with Gasteiger partial charge in [0.15, 0.2) is 6.61 Å². The second-order valence-corrected chi connectivity index (χ2v) is 4.12. The first kappa shape index (κ1) is 11.5. The monoisotopic (exact) mass is 209 g/mol. The summed E-state index contributed by atoms with van der Waals surface area (Å²) in [5.74, 6) is 0.701. The van der Waals surface area contributed by atoms with Crippen LogP contribution in [0, 0.1) is 17.0 Å². The van der Waals surface area contributed by atoms with Crippen molar-refractivity contribution in [3.63, 3.8) is 0 Å². The quantitative estimate of drug-likeness (QED) is 0.565. The lowest BCUT2D eigenvalue weighted by Gasteiger charge is -2.17. The highest BCUT2D eigenvalue weighted by Crippen LogP contribution is 2.18. The first-order chi connectivity index (χ1) is 6.93. The molecule has 0 N–H and O–H groups in total. The molecule has 4 heteroatoms. The van der Waals surface area contributed by atoms with Crippen LogP contribution in [-0.4, -0.2) is 17.1 Å². The van der Waals surface area contributed by atoms with Crippen LogP contribution >= 0.6 is 0 Å². The third-order valence-electron chi connectivity index (χ3n) is 2.17. The van der Waals surface area contributed by atoms with Gasteiger partial charge >= 0.3 is 0 Å². The molecule has 0 radical (unpaired) electrons. The van der Waals surface area contributed by atoms with E-state index in [1.165, 1.54) is 0 Å². The van der Waals surface area contributed by atoms with Crippen LogP contribution in [0.3, 0.4) is 0 Å². The minimum atomic E-state index is -1.05. The SMILES string of the molecule is Cc1ccccc1OCC(C)(C)[N+](=O)[O-]. The van der Waals surface area contributed by atoms with E-state index in [9.17, 15) is 10.1 Å². The molecule has 0 spiro atoms. The number of rotatable bonds is 4. The lowest BCUT2D eigenvalue weighted by Crippen LogP contribution is -2.37. The van der Waals surface area contributed by atoms with Gasteiger partial charge in [0.25, 0.3) is 0 Å². The van der Waals surface area contributed by atoms with Gasteiger partial charge in [-0.1, -0.05) is 18.2 Å². The van der Waals surface area contributed by atoms with E-state index in [-0.39, 0.29) is 11.5 Å². The molecule has 0 fully saturated rings. The zero-order chi connectivity index (χ0) is 11.5. The zero-order valence-electron chi connectivity index (χ0n) is 9.19. The van der Waals surface area contributed by atoms with E-state index in [1.807, 2.05) is 31.2 Å². The maximum Gasteiger partial charge on any atom is 0.250 e. The van der Waals surface area contributed by atoms with Gasteiger partial charge in [0.2, 0.25) is 5.54 Å². The predicted octanol–water partition coefficient (Wildman–Crippen LogP) is 2.43. The minimum absolute atomic E-state index is 0.0743. The number of aryl methyl sites for hydroxylation is 1. The van der Waals surface area contributed by atoms with Crippen molar-refractivity contribution in [3.05, 3.63) is 39.9 Å². The Labute approximate surface area is 89.0 Å². The summed E-state index contributed by atoms with van der Waals surface area (Å²) >= 11 is 0. The highest BCUT2D eigenvalue weighted by molar-refractivity contribution is 5.31. The van der Waals surface area contributed by atoms with Crippen molar-refractivity contribution >= 4 is 0 Å². The Morgan fingerprint density at radius 3 is 2.53 bits per heavy atom. The second-order valence-electron chi connectivity index (χ2n) is 4.12. The molecule has 0 unspecified atom stereocenters. The maximum atomic E-state index is 10.7. The Morgan fingerprint density at radius 1 is 1.40 bits per heavy atom. The molecule has 0 aliphatic carbocycles. The van der Waals surface area contributed by atoms with Crippen molar-refractivity contribution in [3.8, 4) is 5.75 Å². The van der Waals surface area contributed by atoms with Gasteiger partial charge in [-0.25, -0.2) is 0 Å². The fraction of sp³-hybridized carbons (Fsp3) is 0.455. The average Bonchev–Trinajstić information content (AvgIpc) is 2.16. The normalized spacial score (nSPS) is 11.1. The van der Waals surface area contributed by atoms with Crippen molar-refractivity contribution in [1.82, 2.24) is 0 Å². The van der Waals surface area contributed by atoms with Crippen LogP contribution in [0.15, 0.2) is 24.3 Å². The molecule has 1 aromatic rings. The van der Waals surface area contributed by atoms with E-state index < -0.39 is 5.54 Å². The van der Waals surface area contributed by atoms with Crippen molar-refractivity contribution < 1.29 is 9.66 Å². The Kier molecular flexibility index (Phi) is 3.29. The van der Waals surface area contributed by atoms with Gasteiger partial charge < -0.3 is 4.74 Å². The standard InChI is InChI=1S/C11H15NO3/c1-9-6-4-5-7-10(9)15-8-11(2,3)12(13)14/h4-7H,8H2,1-3H3. The largest absolute Gasteiger partial charge is 0.486 e. The smallest absolute Gasteiger partial charge is 0.250 e. The Hall–Kier alpha value is -1.58. The highest BCUT2D eigenvalue weighted by Gasteiger charge is 2.31. The molecular formula is C11H15NO3. The molecule has 0 atom stereocenters. The van der Waals surface area contributed by atoms with Crippen molar-refractivity contribution in [2.75, 3.05) is 6.61 Å². The van der Waals surface area contributed by atoms with Crippen molar-refractivity contribution in [2.45, 2.75) is 26.3 Å². The number of nitrogens with zero attached hydrogens (tertiary/aromatic N) is 1. The molecule has 0 bridgehead atoms. The van der Waals surface area contributed by atoms with Crippen molar-refractivity contribution in [2.24, 2.45) is 0 Å². The summed E-state index contributed by atoms with van der Waals surface area (Å²) in [6.45, 7) is 5.08. The Bertz CT molecular complexity index is 361. The summed E-state index contributed by atoms with van der Waals surface area (Å²) in [5, 5.41) is 10.7. The van der Waals surface area contributed by atoms with E-state index >= 15 is 0 Å². The Morgan fingerprint density at radius 2 is 2.00 bits per heavy atom. The first-order valence-electron chi connectivity index (χ1n) is 4.76. The van der Waals surface area contributed by atoms with Gasteiger partial charge in [-0.3, -0.25) is 10.1 Å². The summed E-state index contributed by atoms with van der Waals surface area (Å²) < 4.78 is 5.42. The predicted molar refractivity (Wildman–Crippen MR) is 57.7 cm³/mol. The average molecular weight is 209 g/mol. The summed E-state index contributed by atoms with van der Waals surface area (Å²) in [7, 11) is 0. The first-order valence-corrected chi connectivity index (χ1v) is 4.76. The van der Waals surface area contributed by atoms with Crippen LogP contribution in [0.4, 0.5) is 0 Å². The minimum Gasteiger partial charge on any atom is -0.486 e. The van der Waals surface area contributed by atoms with E-state index in [0.717, 1.165) is 5.56 Å². The van der Waals surface area contributed by atoms with Gasteiger partial charge in [-0.15, -0.1) is 0 Å². The topological polar surface area (TPSA) is 52.4 Å². The number of hydrogen-bond acceptors (Lipinski definition) is 3. The molecule has 1 rings (SSSR count). The summed E-state index contributed by atoms with van der Waals surface area (Å²) in [4.78, 5) is 10.3. The van der Waals surface area contributed by atoms with E-state index in [2.05, 4.69) is 0 Å². The van der Waals surface area contributed by atoms with E-state index in [4.69, 9.17) is 4.74 Å². The molecular weight excluding hydrogens is 194 g/mol. The fourth-order valence-electron chi connectivity index (χ4n) is 1.03. The second kappa shape index (κ2) is 4.29. The lowest BCUT2D eigenvalue weighted by atomic mass is 10.1. The third kappa shape index (κ3) is 2.94.